The Morgan fingerprint density at radius 1 is 1.07 bits per heavy atom. The van der Waals surface area contributed by atoms with E-state index in [2.05, 4.69) is 10.6 Å². The minimum atomic E-state index is -1.12. The van der Waals surface area contributed by atoms with Gasteiger partial charge in [-0.1, -0.05) is 31.4 Å². The zero-order chi connectivity index (χ0) is 20.4. The molecule has 2 N–H and O–H groups in total. The molecule has 154 valence electrons. The maximum absolute atomic E-state index is 12.0. The highest BCUT2D eigenvalue weighted by Crippen LogP contribution is 2.26. The molecule has 0 unspecified atom stereocenters. The Kier molecular flexibility index (Phi) is 8.58. The molecule has 1 fully saturated rings. The van der Waals surface area contributed by atoms with E-state index < -0.39 is 24.0 Å². The van der Waals surface area contributed by atoms with Crippen LogP contribution >= 0.6 is 0 Å². The molecule has 2 rings (SSSR count). The monoisotopic (exact) mass is 392 g/mol. The molecule has 1 aliphatic carbocycles. The number of esters is 1. The lowest BCUT2D eigenvalue weighted by atomic mass is 9.96. The second-order valence-electron chi connectivity index (χ2n) is 6.60. The Balaban J connectivity index is 1.73. The maximum Gasteiger partial charge on any atom is 0.344 e. The van der Waals surface area contributed by atoms with Crippen LogP contribution in [0.3, 0.4) is 0 Å². The van der Waals surface area contributed by atoms with Gasteiger partial charge >= 0.3 is 12.0 Å². The highest BCUT2D eigenvalue weighted by Gasteiger charge is 2.22. The summed E-state index contributed by atoms with van der Waals surface area (Å²) in [4.78, 5) is 35.9. The van der Waals surface area contributed by atoms with Crippen LogP contribution in [0.1, 0.15) is 46.0 Å². The fourth-order valence-electron chi connectivity index (χ4n) is 2.95. The van der Waals surface area contributed by atoms with Crippen LogP contribution in [0.2, 0.25) is 0 Å². The molecule has 1 aromatic carbocycles. The minimum absolute atomic E-state index is 0.0817. The van der Waals surface area contributed by atoms with E-state index in [1.54, 1.807) is 24.3 Å². The summed E-state index contributed by atoms with van der Waals surface area (Å²) in [6.45, 7) is 3.33. The summed E-state index contributed by atoms with van der Waals surface area (Å²) >= 11 is 0. The van der Waals surface area contributed by atoms with Crippen molar-refractivity contribution < 1.29 is 28.6 Å². The van der Waals surface area contributed by atoms with Gasteiger partial charge in [0.25, 0.3) is 5.91 Å². The Morgan fingerprint density at radius 3 is 2.36 bits per heavy atom. The van der Waals surface area contributed by atoms with Gasteiger partial charge in [0.05, 0.1) is 6.61 Å². The molecule has 1 saturated carbocycles. The third-order valence-corrected chi connectivity index (χ3v) is 4.35. The molecule has 28 heavy (non-hydrogen) atoms. The largest absolute Gasteiger partial charge is 0.490 e. The topological polar surface area (TPSA) is 103 Å². The predicted octanol–water partition coefficient (Wildman–Crippen LogP) is 2.55. The van der Waals surface area contributed by atoms with E-state index in [0.29, 0.717) is 18.1 Å². The lowest BCUT2D eigenvalue weighted by Gasteiger charge is -2.23. The molecule has 3 amide bonds. The van der Waals surface area contributed by atoms with Crippen LogP contribution in [0.5, 0.6) is 11.5 Å². The fraction of sp³-hybridized carbons (Fsp3) is 0.550. The van der Waals surface area contributed by atoms with E-state index in [0.717, 1.165) is 25.7 Å². The first-order valence-electron chi connectivity index (χ1n) is 9.65. The van der Waals surface area contributed by atoms with Crippen molar-refractivity contribution in [3.8, 4) is 11.5 Å². The number of urea groups is 1. The molecule has 0 aromatic heterocycles. The Bertz CT molecular complexity index is 672. The Hall–Kier alpha value is -2.77. The van der Waals surface area contributed by atoms with E-state index in [-0.39, 0.29) is 12.6 Å². The molecular weight excluding hydrogens is 364 g/mol. The number of nitrogens with one attached hydrogen (secondary N) is 2. The summed E-state index contributed by atoms with van der Waals surface area (Å²) in [5, 5.41) is 4.98. The van der Waals surface area contributed by atoms with Crippen molar-refractivity contribution in [2.45, 2.75) is 58.1 Å². The molecular formula is C20H28N2O6. The number of hydrogen-bond donors (Lipinski definition) is 2. The molecule has 1 atom stereocenters. The molecule has 0 aliphatic heterocycles. The number of carbonyl (C=O) groups excluding carboxylic acids is 3. The highest BCUT2D eigenvalue weighted by molar-refractivity contribution is 5.97. The van der Waals surface area contributed by atoms with Crippen molar-refractivity contribution in [1.29, 1.82) is 0 Å². The third kappa shape index (κ3) is 7.09. The van der Waals surface area contributed by atoms with Crippen molar-refractivity contribution in [1.82, 2.24) is 10.6 Å². The highest BCUT2D eigenvalue weighted by atomic mass is 16.6. The van der Waals surface area contributed by atoms with Gasteiger partial charge in [0.2, 0.25) is 0 Å². The first kappa shape index (κ1) is 21.5. The number of rotatable bonds is 8. The van der Waals surface area contributed by atoms with Gasteiger partial charge < -0.3 is 19.5 Å². The SMILES string of the molecule is CCOc1ccccc1OCC(=O)O[C@H](C)C(=O)NC(=O)NC1CCCCC1. The Morgan fingerprint density at radius 2 is 1.71 bits per heavy atom. The molecule has 1 aromatic rings. The zero-order valence-corrected chi connectivity index (χ0v) is 16.4. The van der Waals surface area contributed by atoms with Gasteiger partial charge in [-0.2, -0.15) is 0 Å². The van der Waals surface area contributed by atoms with Gasteiger partial charge in [-0.05, 0) is 38.8 Å². The fourth-order valence-corrected chi connectivity index (χ4v) is 2.95. The number of ether oxygens (including phenoxy) is 3. The summed E-state index contributed by atoms with van der Waals surface area (Å²) in [7, 11) is 0. The number of carbonyl (C=O) groups is 3. The van der Waals surface area contributed by atoms with Crippen LogP contribution in [-0.4, -0.2) is 43.3 Å². The van der Waals surface area contributed by atoms with Gasteiger partial charge in [-0.3, -0.25) is 10.1 Å². The Labute approximate surface area is 164 Å². The maximum atomic E-state index is 12.0. The summed E-state index contributed by atoms with van der Waals surface area (Å²) in [5.74, 6) is -0.480. The van der Waals surface area contributed by atoms with E-state index in [1.165, 1.54) is 13.3 Å². The molecule has 0 saturated heterocycles. The van der Waals surface area contributed by atoms with Gasteiger partial charge in [-0.15, -0.1) is 0 Å². The van der Waals surface area contributed by atoms with Gasteiger partial charge in [0, 0.05) is 6.04 Å². The van der Waals surface area contributed by atoms with Crippen LogP contribution in [0.15, 0.2) is 24.3 Å². The zero-order valence-electron chi connectivity index (χ0n) is 16.4. The summed E-state index contributed by atoms with van der Waals surface area (Å²) in [6.07, 6.45) is 4.01. The van der Waals surface area contributed by atoms with E-state index >= 15 is 0 Å². The molecule has 0 heterocycles. The van der Waals surface area contributed by atoms with Gasteiger partial charge in [-0.25, -0.2) is 9.59 Å². The van der Waals surface area contributed by atoms with Crippen LogP contribution < -0.4 is 20.1 Å². The molecule has 1 aliphatic rings. The molecule has 8 heteroatoms. The number of hydrogen-bond acceptors (Lipinski definition) is 6. The van der Waals surface area contributed by atoms with Gasteiger partial charge in [0.15, 0.2) is 24.2 Å². The van der Waals surface area contributed by atoms with E-state index in [9.17, 15) is 14.4 Å². The lowest BCUT2D eigenvalue weighted by molar-refractivity contribution is -0.156. The number of benzene rings is 1. The summed E-state index contributed by atoms with van der Waals surface area (Å²) in [6, 6.07) is 6.46. The quantitative estimate of drug-likeness (QED) is 0.659. The smallest absolute Gasteiger partial charge is 0.344 e. The van der Waals surface area contributed by atoms with Crippen molar-refractivity contribution in [2.24, 2.45) is 0 Å². The van der Waals surface area contributed by atoms with Crippen LogP contribution in [-0.2, 0) is 14.3 Å². The molecule has 8 nitrogen and oxygen atoms in total. The van der Waals surface area contributed by atoms with Crippen LogP contribution in [0, 0.1) is 0 Å². The van der Waals surface area contributed by atoms with Gasteiger partial charge in [0.1, 0.15) is 0 Å². The van der Waals surface area contributed by atoms with Crippen molar-refractivity contribution >= 4 is 17.9 Å². The minimum Gasteiger partial charge on any atom is -0.490 e. The van der Waals surface area contributed by atoms with E-state index in [4.69, 9.17) is 14.2 Å². The second kappa shape index (κ2) is 11.2. The number of para-hydroxylation sites is 2. The van der Waals surface area contributed by atoms with Crippen LogP contribution in [0.25, 0.3) is 0 Å². The normalized spacial score (nSPS) is 15.2. The molecule has 0 spiro atoms. The number of imide groups is 1. The van der Waals surface area contributed by atoms with Crippen molar-refractivity contribution in [3.63, 3.8) is 0 Å². The molecule has 0 radical (unpaired) electrons. The first-order valence-corrected chi connectivity index (χ1v) is 9.65. The first-order chi connectivity index (χ1) is 13.5. The third-order valence-electron chi connectivity index (χ3n) is 4.35. The average molecular weight is 392 g/mol. The molecule has 0 bridgehead atoms. The van der Waals surface area contributed by atoms with Crippen LogP contribution in [0.4, 0.5) is 4.79 Å². The predicted molar refractivity (Wildman–Crippen MR) is 102 cm³/mol. The summed E-state index contributed by atoms with van der Waals surface area (Å²) < 4.78 is 15.8. The standard InChI is InChI=1S/C20H28N2O6/c1-3-26-16-11-7-8-12-17(16)27-13-18(23)28-14(2)19(24)22-20(25)21-15-9-5-4-6-10-15/h7-8,11-12,14-15H,3-6,9-10,13H2,1-2H3,(H2,21,22,24,25)/t14-/m1/s1. The van der Waals surface area contributed by atoms with Crippen molar-refractivity contribution in [3.05, 3.63) is 24.3 Å². The lowest BCUT2D eigenvalue weighted by Crippen LogP contribution is -2.48. The average Bonchev–Trinajstić information content (AvgIpc) is 2.68. The second-order valence-corrected chi connectivity index (χ2v) is 6.60. The number of amides is 3. The summed E-state index contributed by atoms with van der Waals surface area (Å²) in [5.41, 5.74) is 0. The van der Waals surface area contributed by atoms with Crippen molar-refractivity contribution in [2.75, 3.05) is 13.2 Å². The van der Waals surface area contributed by atoms with E-state index in [1.807, 2.05) is 6.92 Å².